The SMILES string of the molecule is CCN1CCN(c2ccc(NC(=O)c3cnc4ccccn4c3=O)c(C)c2)CC1. The summed E-state index contributed by atoms with van der Waals surface area (Å²) in [5, 5.41) is 2.86. The lowest BCUT2D eigenvalue weighted by Gasteiger charge is -2.35. The third-order valence-corrected chi connectivity index (χ3v) is 5.50. The van der Waals surface area contributed by atoms with Crippen LogP contribution in [0.4, 0.5) is 11.4 Å². The van der Waals surface area contributed by atoms with E-state index in [4.69, 9.17) is 0 Å². The number of benzene rings is 1. The largest absolute Gasteiger partial charge is 0.369 e. The molecule has 1 amide bonds. The molecule has 0 atom stereocenters. The number of fused-ring (bicyclic) bond motifs is 1. The lowest BCUT2D eigenvalue weighted by atomic mass is 10.1. The number of carbonyl (C=O) groups is 1. The number of piperazine rings is 1. The van der Waals surface area contributed by atoms with Gasteiger partial charge in [-0.1, -0.05) is 13.0 Å². The van der Waals surface area contributed by atoms with Gasteiger partial charge in [0.1, 0.15) is 11.2 Å². The van der Waals surface area contributed by atoms with Gasteiger partial charge in [0.25, 0.3) is 11.5 Å². The van der Waals surface area contributed by atoms with Crippen molar-refractivity contribution in [2.24, 2.45) is 0 Å². The van der Waals surface area contributed by atoms with Crippen LogP contribution in [-0.4, -0.2) is 52.9 Å². The van der Waals surface area contributed by atoms with Gasteiger partial charge in [-0.2, -0.15) is 0 Å². The van der Waals surface area contributed by atoms with Crippen molar-refractivity contribution in [3.63, 3.8) is 0 Å². The van der Waals surface area contributed by atoms with E-state index in [2.05, 4.69) is 33.1 Å². The summed E-state index contributed by atoms with van der Waals surface area (Å²) < 4.78 is 1.38. The van der Waals surface area contributed by atoms with E-state index < -0.39 is 5.91 Å². The molecule has 0 unspecified atom stereocenters. The lowest BCUT2D eigenvalue weighted by Crippen LogP contribution is -2.46. The molecule has 1 aliphatic rings. The Morgan fingerprint density at radius 3 is 2.66 bits per heavy atom. The average Bonchev–Trinajstić information content (AvgIpc) is 2.75. The predicted molar refractivity (Wildman–Crippen MR) is 115 cm³/mol. The maximum absolute atomic E-state index is 12.7. The Morgan fingerprint density at radius 2 is 1.93 bits per heavy atom. The van der Waals surface area contributed by atoms with E-state index in [0.717, 1.165) is 44.0 Å². The maximum Gasteiger partial charge on any atom is 0.270 e. The van der Waals surface area contributed by atoms with Gasteiger partial charge in [-0.3, -0.25) is 14.0 Å². The lowest BCUT2D eigenvalue weighted by molar-refractivity contribution is 0.102. The van der Waals surface area contributed by atoms with E-state index >= 15 is 0 Å². The van der Waals surface area contributed by atoms with Crippen LogP contribution in [0, 0.1) is 6.92 Å². The normalized spacial score (nSPS) is 14.9. The zero-order chi connectivity index (χ0) is 20.4. The molecule has 1 fully saturated rings. The highest BCUT2D eigenvalue weighted by atomic mass is 16.2. The van der Waals surface area contributed by atoms with Crippen molar-refractivity contribution in [2.75, 3.05) is 42.9 Å². The molecule has 0 spiro atoms. The summed E-state index contributed by atoms with van der Waals surface area (Å²) in [5.41, 5.74) is 2.97. The molecule has 0 bridgehead atoms. The summed E-state index contributed by atoms with van der Waals surface area (Å²) >= 11 is 0. The number of amides is 1. The van der Waals surface area contributed by atoms with E-state index in [1.54, 1.807) is 24.4 Å². The number of pyridine rings is 1. The minimum atomic E-state index is -0.451. The van der Waals surface area contributed by atoms with Crippen molar-refractivity contribution in [1.82, 2.24) is 14.3 Å². The molecule has 3 aromatic rings. The van der Waals surface area contributed by atoms with E-state index in [9.17, 15) is 9.59 Å². The summed E-state index contributed by atoms with van der Waals surface area (Å²) in [6.07, 6.45) is 2.95. The van der Waals surface area contributed by atoms with Crippen molar-refractivity contribution in [1.29, 1.82) is 0 Å². The zero-order valence-corrected chi connectivity index (χ0v) is 16.8. The molecule has 2 aromatic heterocycles. The molecule has 0 saturated carbocycles. The smallest absolute Gasteiger partial charge is 0.270 e. The van der Waals surface area contributed by atoms with Crippen LogP contribution in [0.25, 0.3) is 5.65 Å². The predicted octanol–water partition coefficient (Wildman–Crippen LogP) is 2.40. The van der Waals surface area contributed by atoms with Gasteiger partial charge in [0.15, 0.2) is 0 Å². The minimum absolute atomic E-state index is 0.0212. The summed E-state index contributed by atoms with van der Waals surface area (Å²) in [4.78, 5) is 34.3. The van der Waals surface area contributed by atoms with Crippen molar-refractivity contribution in [2.45, 2.75) is 13.8 Å². The van der Waals surface area contributed by atoms with Crippen LogP contribution in [0.2, 0.25) is 0 Å². The average molecular weight is 391 g/mol. The number of nitrogens with zero attached hydrogens (tertiary/aromatic N) is 4. The third kappa shape index (κ3) is 3.86. The molecule has 0 aliphatic carbocycles. The maximum atomic E-state index is 12.7. The Labute approximate surface area is 169 Å². The number of hydrogen-bond donors (Lipinski definition) is 1. The summed E-state index contributed by atoms with van der Waals surface area (Å²) in [6, 6.07) is 11.3. The fraction of sp³-hybridized carbons (Fsp3) is 0.318. The first-order valence-electron chi connectivity index (χ1n) is 9.92. The number of nitrogens with one attached hydrogen (secondary N) is 1. The Balaban J connectivity index is 1.52. The molecule has 150 valence electrons. The monoisotopic (exact) mass is 391 g/mol. The fourth-order valence-corrected chi connectivity index (χ4v) is 3.68. The number of carbonyl (C=O) groups excluding carboxylic acids is 1. The Morgan fingerprint density at radius 1 is 1.14 bits per heavy atom. The quantitative estimate of drug-likeness (QED) is 0.740. The fourth-order valence-electron chi connectivity index (χ4n) is 3.68. The number of aromatic nitrogens is 2. The minimum Gasteiger partial charge on any atom is -0.369 e. The Hall–Kier alpha value is -3.19. The molecule has 1 aromatic carbocycles. The molecule has 29 heavy (non-hydrogen) atoms. The molecule has 1 N–H and O–H groups in total. The van der Waals surface area contributed by atoms with Gasteiger partial charge in [-0.05, 0) is 49.4 Å². The second kappa shape index (κ2) is 8.05. The highest BCUT2D eigenvalue weighted by Gasteiger charge is 2.18. The van der Waals surface area contributed by atoms with Gasteiger partial charge in [-0.25, -0.2) is 4.98 Å². The van der Waals surface area contributed by atoms with Crippen molar-refractivity contribution in [3.05, 3.63) is 70.3 Å². The summed E-state index contributed by atoms with van der Waals surface area (Å²) in [6.45, 7) is 9.36. The molecule has 0 radical (unpaired) electrons. The molecular weight excluding hydrogens is 366 g/mol. The van der Waals surface area contributed by atoms with E-state index in [0.29, 0.717) is 11.3 Å². The number of anilines is 2. The highest BCUT2D eigenvalue weighted by molar-refractivity contribution is 6.04. The third-order valence-electron chi connectivity index (χ3n) is 5.50. The molecule has 3 heterocycles. The zero-order valence-electron chi connectivity index (χ0n) is 16.8. The second-order valence-corrected chi connectivity index (χ2v) is 7.28. The number of likely N-dealkylation sites (N-methyl/N-ethyl adjacent to an activating group) is 1. The summed E-state index contributed by atoms with van der Waals surface area (Å²) in [5.74, 6) is -0.451. The van der Waals surface area contributed by atoms with Crippen LogP contribution < -0.4 is 15.8 Å². The van der Waals surface area contributed by atoms with Crippen molar-refractivity contribution >= 4 is 22.9 Å². The van der Waals surface area contributed by atoms with E-state index in [1.165, 1.54) is 10.6 Å². The van der Waals surface area contributed by atoms with Gasteiger partial charge in [0.2, 0.25) is 0 Å². The molecule has 4 rings (SSSR count). The standard InChI is InChI=1S/C22H25N5O2/c1-3-25-10-12-26(13-11-25)17-7-8-19(16(2)14-17)24-21(28)18-15-23-20-6-4-5-9-27(20)22(18)29/h4-9,14-15H,3,10-13H2,1-2H3,(H,24,28). The van der Waals surface area contributed by atoms with E-state index in [-0.39, 0.29) is 11.1 Å². The second-order valence-electron chi connectivity index (χ2n) is 7.28. The van der Waals surface area contributed by atoms with Crippen LogP contribution in [0.15, 0.2) is 53.6 Å². The van der Waals surface area contributed by atoms with Gasteiger partial charge in [-0.15, -0.1) is 0 Å². The highest BCUT2D eigenvalue weighted by Crippen LogP contribution is 2.24. The van der Waals surface area contributed by atoms with Crippen LogP contribution >= 0.6 is 0 Å². The first-order valence-corrected chi connectivity index (χ1v) is 9.92. The van der Waals surface area contributed by atoms with Crippen LogP contribution in [-0.2, 0) is 0 Å². The summed E-state index contributed by atoms with van der Waals surface area (Å²) in [7, 11) is 0. The molecular formula is C22H25N5O2. The van der Waals surface area contributed by atoms with Gasteiger partial charge < -0.3 is 15.1 Å². The molecule has 1 saturated heterocycles. The first kappa shape index (κ1) is 19.1. The Kier molecular flexibility index (Phi) is 5.31. The van der Waals surface area contributed by atoms with E-state index in [1.807, 2.05) is 19.1 Å². The number of hydrogen-bond acceptors (Lipinski definition) is 5. The first-order chi connectivity index (χ1) is 14.1. The van der Waals surface area contributed by atoms with Gasteiger partial charge >= 0.3 is 0 Å². The molecule has 1 aliphatic heterocycles. The number of rotatable bonds is 4. The topological polar surface area (TPSA) is 69.9 Å². The van der Waals surface area contributed by atoms with Crippen molar-refractivity contribution in [3.8, 4) is 0 Å². The van der Waals surface area contributed by atoms with Crippen LogP contribution in [0.1, 0.15) is 22.8 Å². The molecule has 7 heteroatoms. The van der Waals surface area contributed by atoms with Gasteiger partial charge in [0.05, 0.1) is 0 Å². The van der Waals surface area contributed by atoms with Crippen molar-refractivity contribution < 1.29 is 4.79 Å². The Bertz CT molecular complexity index is 1100. The molecule has 7 nitrogen and oxygen atoms in total. The number of aryl methyl sites for hydroxylation is 1. The van der Waals surface area contributed by atoms with Crippen LogP contribution in [0.3, 0.4) is 0 Å². The van der Waals surface area contributed by atoms with Gasteiger partial charge in [0, 0.05) is 49.9 Å². The van der Waals surface area contributed by atoms with Crippen LogP contribution in [0.5, 0.6) is 0 Å².